The van der Waals surface area contributed by atoms with Crippen molar-refractivity contribution in [1.29, 1.82) is 0 Å². The standard InChI is InChI=1S/C8H17FN2/c1-8(9,6-10)7-2-4-11-5-3-7/h7,11H,2-6,10H2,1H3. The van der Waals surface area contributed by atoms with Gasteiger partial charge in [0.2, 0.25) is 0 Å². The maximum absolute atomic E-state index is 13.6. The molecular weight excluding hydrogens is 143 g/mol. The molecule has 0 amide bonds. The first kappa shape index (κ1) is 8.94. The number of halogens is 1. The van der Waals surface area contributed by atoms with E-state index < -0.39 is 5.67 Å². The van der Waals surface area contributed by atoms with Gasteiger partial charge in [0.1, 0.15) is 5.67 Å². The molecule has 0 aromatic heterocycles. The Bertz CT molecular complexity index is 119. The van der Waals surface area contributed by atoms with E-state index in [0.29, 0.717) is 0 Å². The van der Waals surface area contributed by atoms with Crippen molar-refractivity contribution in [2.24, 2.45) is 11.7 Å². The maximum atomic E-state index is 13.6. The van der Waals surface area contributed by atoms with Gasteiger partial charge in [-0.3, -0.25) is 0 Å². The van der Waals surface area contributed by atoms with Crippen LogP contribution in [0, 0.1) is 5.92 Å². The molecule has 0 bridgehead atoms. The van der Waals surface area contributed by atoms with Crippen LogP contribution < -0.4 is 11.1 Å². The summed E-state index contributed by atoms with van der Waals surface area (Å²) in [5.74, 6) is 0.161. The zero-order chi connectivity index (χ0) is 8.32. The molecule has 66 valence electrons. The van der Waals surface area contributed by atoms with Crippen LogP contribution in [0.1, 0.15) is 19.8 Å². The summed E-state index contributed by atoms with van der Waals surface area (Å²) in [7, 11) is 0. The largest absolute Gasteiger partial charge is 0.328 e. The van der Waals surface area contributed by atoms with Gasteiger partial charge >= 0.3 is 0 Å². The van der Waals surface area contributed by atoms with E-state index in [-0.39, 0.29) is 12.5 Å². The molecule has 1 unspecified atom stereocenters. The van der Waals surface area contributed by atoms with Crippen molar-refractivity contribution in [3.8, 4) is 0 Å². The van der Waals surface area contributed by atoms with E-state index in [9.17, 15) is 4.39 Å². The van der Waals surface area contributed by atoms with E-state index in [1.807, 2.05) is 0 Å². The number of hydrogen-bond donors (Lipinski definition) is 2. The molecule has 1 rings (SSSR count). The Balaban J connectivity index is 2.43. The fraction of sp³-hybridized carbons (Fsp3) is 1.00. The SMILES string of the molecule is CC(F)(CN)C1CCNCC1. The van der Waals surface area contributed by atoms with Crippen LogP contribution in [0.15, 0.2) is 0 Å². The number of rotatable bonds is 2. The Morgan fingerprint density at radius 1 is 1.55 bits per heavy atom. The Labute approximate surface area is 67.3 Å². The summed E-state index contributed by atoms with van der Waals surface area (Å²) in [6, 6.07) is 0. The lowest BCUT2D eigenvalue weighted by molar-refractivity contribution is 0.0882. The van der Waals surface area contributed by atoms with Crippen molar-refractivity contribution in [3.05, 3.63) is 0 Å². The van der Waals surface area contributed by atoms with Crippen LogP contribution in [0.2, 0.25) is 0 Å². The number of nitrogens with two attached hydrogens (primary N) is 1. The lowest BCUT2D eigenvalue weighted by Gasteiger charge is -2.32. The van der Waals surface area contributed by atoms with Crippen LogP contribution in [0.5, 0.6) is 0 Å². The Morgan fingerprint density at radius 2 is 2.09 bits per heavy atom. The van der Waals surface area contributed by atoms with Gasteiger partial charge < -0.3 is 11.1 Å². The monoisotopic (exact) mass is 160 g/mol. The lowest BCUT2D eigenvalue weighted by atomic mass is 9.84. The fourth-order valence-corrected chi connectivity index (χ4v) is 1.59. The molecule has 0 saturated carbocycles. The first-order valence-electron chi connectivity index (χ1n) is 4.26. The number of nitrogens with one attached hydrogen (secondary N) is 1. The Kier molecular flexibility index (Phi) is 2.84. The highest BCUT2D eigenvalue weighted by atomic mass is 19.1. The van der Waals surface area contributed by atoms with E-state index in [4.69, 9.17) is 5.73 Å². The third kappa shape index (κ3) is 2.14. The molecule has 0 aliphatic carbocycles. The lowest BCUT2D eigenvalue weighted by Crippen LogP contribution is -2.43. The van der Waals surface area contributed by atoms with Gasteiger partial charge in [-0.05, 0) is 38.8 Å². The minimum atomic E-state index is -1.15. The highest BCUT2D eigenvalue weighted by Crippen LogP contribution is 2.28. The first-order valence-corrected chi connectivity index (χ1v) is 4.26. The van der Waals surface area contributed by atoms with Gasteiger partial charge in [-0.1, -0.05) is 0 Å². The predicted molar refractivity (Wildman–Crippen MR) is 44.2 cm³/mol. The summed E-state index contributed by atoms with van der Waals surface area (Å²) < 4.78 is 13.6. The molecule has 0 radical (unpaired) electrons. The average Bonchev–Trinajstić information content (AvgIpc) is 2.06. The predicted octanol–water partition coefficient (Wildman–Crippen LogP) is 0.673. The van der Waals surface area contributed by atoms with Crippen LogP contribution in [-0.4, -0.2) is 25.3 Å². The molecule has 0 aromatic rings. The van der Waals surface area contributed by atoms with Crippen LogP contribution >= 0.6 is 0 Å². The topological polar surface area (TPSA) is 38.0 Å². The minimum Gasteiger partial charge on any atom is -0.328 e. The van der Waals surface area contributed by atoms with E-state index in [2.05, 4.69) is 5.32 Å². The molecule has 0 spiro atoms. The van der Waals surface area contributed by atoms with Gasteiger partial charge in [-0.25, -0.2) is 4.39 Å². The van der Waals surface area contributed by atoms with E-state index in [1.54, 1.807) is 6.92 Å². The summed E-state index contributed by atoms with van der Waals surface area (Å²) in [6.07, 6.45) is 1.84. The van der Waals surface area contributed by atoms with E-state index in [0.717, 1.165) is 25.9 Å². The van der Waals surface area contributed by atoms with Crippen LogP contribution in [0.4, 0.5) is 4.39 Å². The molecule has 1 aliphatic rings. The summed E-state index contributed by atoms with van der Waals surface area (Å²) in [5.41, 5.74) is 4.19. The molecule has 11 heavy (non-hydrogen) atoms. The Hall–Kier alpha value is -0.150. The van der Waals surface area contributed by atoms with E-state index >= 15 is 0 Å². The summed E-state index contributed by atoms with van der Waals surface area (Å²) in [6.45, 7) is 3.63. The van der Waals surface area contributed by atoms with Crippen molar-refractivity contribution >= 4 is 0 Å². The highest BCUT2D eigenvalue weighted by Gasteiger charge is 2.33. The average molecular weight is 160 g/mol. The quantitative estimate of drug-likeness (QED) is 0.623. The van der Waals surface area contributed by atoms with Crippen molar-refractivity contribution in [2.75, 3.05) is 19.6 Å². The molecule has 1 heterocycles. The molecule has 1 atom stereocenters. The zero-order valence-corrected chi connectivity index (χ0v) is 7.07. The third-order valence-corrected chi connectivity index (χ3v) is 2.59. The number of alkyl halides is 1. The maximum Gasteiger partial charge on any atom is 0.123 e. The second kappa shape index (κ2) is 3.50. The molecule has 1 saturated heterocycles. The van der Waals surface area contributed by atoms with E-state index in [1.165, 1.54) is 0 Å². The molecular formula is C8H17FN2. The van der Waals surface area contributed by atoms with Crippen LogP contribution in [0.3, 0.4) is 0 Å². The van der Waals surface area contributed by atoms with Gasteiger partial charge in [0, 0.05) is 6.54 Å². The number of hydrogen-bond acceptors (Lipinski definition) is 2. The third-order valence-electron chi connectivity index (χ3n) is 2.59. The van der Waals surface area contributed by atoms with Crippen molar-refractivity contribution in [2.45, 2.75) is 25.4 Å². The molecule has 2 nitrogen and oxygen atoms in total. The van der Waals surface area contributed by atoms with Crippen molar-refractivity contribution < 1.29 is 4.39 Å². The molecule has 1 fully saturated rings. The molecule has 3 N–H and O–H groups in total. The smallest absolute Gasteiger partial charge is 0.123 e. The van der Waals surface area contributed by atoms with Gasteiger partial charge in [-0.2, -0.15) is 0 Å². The minimum absolute atomic E-state index is 0.150. The van der Waals surface area contributed by atoms with Gasteiger partial charge in [0.25, 0.3) is 0 Å². The molecule has 1 aliphatic heterocycles. The summed E-state index contributed by atoms with van der Waals surface area (Å²) in [5, 5.41) is 3.20. The van der Waals surface area contributed by atoms with Crippen molar-refractivity contribution in [3.63, 3.8) is 0 Å². The second-order valence-corrected chi connectivity index (χ2v) is 3.51. The number of piperidine rings is 1. The molecule has 3 heteroatoms. The van der Waals surface area contributed by atoms with Gasteiger partial charge in [0.15, 0.2) is 0 Å². The fourth-order valence-electron chi connectivity index (χ4n) is 1.59. The van der Waals surface area contributed by atoms with Crippen molar-refractivity contribution in [1.82, 2.24) is 5.32 Å². The second-order valence-electron chi connectivity index (χ2n) is 3.51. The zero-order valence-electron chi connectivity index (χ0n) is 7.07. The normalized spacial score (nSPS) is 26.5. The first-order chi connectivity index (χ1) is 5.17. The summed E-state index contributed by atoms with van der Waals surface area (Å²) >= 11 is 0. The highest BCUT2D eigenvalue weighted by molar-refractivity contribution is 4.86. The van der Waals surface area contributed by atoms with Gasteiger partial charge in [0.05, 0.1) is 0 Å². The van der Waals surface area contributed by atoms with Crippen LogP contribution in [-0.2, 0) is 0 Å². The summed E-state index contributed by atoms with van der Waals surface area (Å²) in [4.78, 5) is 0. The molecule has 0 aromatic carbocycles. The van der Waals surface area contributed by atoms with Crippen LogP contribution in [0.25, 0.3) is 0 Å². The van der Waals surface area contributed by atoms with Gasteiger partial charge in [-0.15, -0.1) is 0 Å². The Morgan fingerprint density at radius 3 is 2.55 bits per heavy atom.